The lowest BCUT2D eigenvalue weighted by Crippen LogP contribution is -2.45. The summed E-state index contributed by atoms with van der Waals surface area (Å²) in [4.78, 5) is 46.9. The van der Waals surface area contributed by atoms with Gasteiger partial charge in [0.25, 0.3) is 5.56 Å². The number of hydrogen-bond acceptors (Lipinski definition) is 6. The first-order valence-corrected chi connectivity index (χ1v) is 12.0. The molecule has 1 fully saturated rings. The van der Waals surface area contributed by atoms with Gasteiger partial charge < -0.3 is 25.0 Å². The average Bonchev–Trinajstić information content (AvgIpc) is 3.33. The van der Waals surface area contributed by atoms with Gasteiger partial charge in [0, 0.05) is 31.3 Å². The number of nitrogens with zero attached hydrogens (tertiary/aromatic N) is 2. The molecule has 1 aromatic carbocycles. The Morgan fingerprint density at radius 1 is 1.23 bits per heavy atom. The quantitative estimate of drug-likeness (QED) is 0.447. The third kappa shape index (κ3) is 8.00. The summed E-state index contributed by atoms with van der Waals surface area (Å²) in [6, 6.07) is 6.02. The SMILES string of the molecule is CCOC(=O)Nc1c(-c2ccc([C@H](C)[C@H](N)C(=O)N3CC[C@H](F)C3)cc2)cn(C)c(=O)c1F.O=C(O)C(F)(F)F. The molecule has 0 spiro atoms. The van der Waals surface area contributed by atoms with Crippen LogP contribution in [0.15, 0.2) is 35.3 Å². The molecule has 4 N–H and O–H groups in total. The molecule has 1 saturated heterocycles. The highest BCUT2D eigenvalue weighted by Crippen LogP contribution is 2.31. The van der Waals surface area contributed by atoms with Crippen LogP contribution >= 0.6 is 0 Å². The van der Waals surface area contributed by atoms with Gasteiger partial charge in [-0.25, -0.2) is 14.0 Å². The number of nitrogens with two attached hydrogens (primary N) is 1. The summed E-state index contributed by atoms with van der Waals surface area (Å²) in [5.74, 6) is -4.51. The van der Waals surface area contributed by atoms with Crippen molar-refractivity contribution in [2.75, 3.05) is 25.0 Å². The second kappa shape index (κ2) is 13.4. The lowest BCUT2D eigenvalue weighted by atomic mass is 9.91. The maximum Gasteiger partial charge on any atom is 0.490 e. The van der Waals surface area contributed by atoms with Gasteiger partial charge >= 0.3 is 18.2 Å². The fourth-order valence-corrected chi connectivity index (χ4v) is 3.82. The molecule has 220 valence electrons. The monoisotopic (exact) mass is 576 g/mol. The smallest absolute Gasteiger partial charge is 0.475 e. The van der Waals surface area contributed by atoms with Gasteiger partial charge in [-0.1, -0.05) is 31.2 Å². The minimum Gasteiger partial charge on any atom is -0.475 e. The zero-order valence-corrected chi connectivity index (χ0v) is 21.8. The summed E-state index contributed by atoms with van der Waals surface area (Å²) in [7, 11) is 1.41. The molecule has 0 saturated carbocycles. The van der Waals surface area contributed by atoms with Gasteiger partial charge in [-0.15, -0.1) is 0 Å². The molecule has 3 rings (SSSR count). The van der Waals surface area contributed by atoms with Crippen molar-refractivity contribution >= 4 is 23.7 Å². The Morgan fingerprint density at radius 2 is 1.80 bits per heavy atom. The Hall–Kier alpha value is -4.01. The van der Waals surface area contributed by atoms with E-state index in [4.69, 9.17) is 20.4 Å². The Labute approximate surface area is 225 Å². The minimum atomic E-state index is -5.08. The van der Waals surface area contributed by atoms with E-state index < -0.39 is 41.8 Å². The zero-order valence-electron chi connectivity index (χ0n) is 21.8. The van der Waals surface area contributed by atoms with Gasteiger partial charge in [-0.2, -0.15) is 17.6 Å². The second-order valence-electron chi connectivity index (χ2n) is 8.90. The van der Waals surface area contributed by atoms with Crippen molar-refractivity contribution in [3.8, 4) is 11.1 Å². The van der Waals surface area contributed by atoms with Crippen LogP contribution in [-0.2, 0) is 21.4 Å². The fraction of sp³-hybridized carbons (Fsp3) is 0.440. The van der Waals surface area contributed by atoms with Crippen LogP contribution in [0.2, 0.25) is 0 Å². The number of ether oxygens (including phenoxy) is 1. The first-order valence-electron chi connectivity index (χ1n) is 12.0. The van der Waals surface area contributed by atoms with E-state index in [0.717, 1.165) is 10.1 Å². The third-order valence-corrected chi connectivity index (χ3v) is 6.08. The summed E-state index contributed by atoms with van der Waals surface area (Å²) < 4.78 is 65.8. The Bertz CT molecular complexity index is 1280. The van der Waals surface area contributed by atoms with Crippen LogP contribution in [0, 0.1) is 5.82 Å². The molecule has 2 aromatic rings. The number of aromatic nitrogens is 1. The van der Waals surface area contributed by atoms with E-state index >= 15 is 0 Å². The van der Waals surface area contributed by atoms with Crippen molar-refractivity contribution in [1.29, 1.82) is 0 Å². The van der Waals surface area contributed by atoms with Crippen molar-refractivity contribution in [3.63, 3.8) is 0 Å². The van der Waals surface area contributed by atoms with Crippen LogP contribution in [0.5, 0.6) is 0 Å². The highest BCUT2D eigenvalue weighted by molar-refractivity contribution is 5.91. The zero-order chi connectivity index (χ0) is 30.4. The Morgan fingerprint density at radius 3 is 2.27 bits per heavy atom. The molecule has 1 aromatic heterocycles. The number of amides is 2. The van der Waals surface area contributed by atoms with Crippen LogP contribution in [0.25, 0.3) is 11.1 Å². The van der Waals surface area contributed by atoms with E-state index in [1.807, 2.05) is 0 Å². The van der Waals surface area contributed by atoms with Crippen molar-refractivity contribution < 1.29 is 46.2 Å². The first-order chi connectivity index (χ1) is 18.6. The van der Waals surface area contributed by atoms with Gasteiger partial charge in [0.2, 0.25) is 11.7 Å². The average molecular weight is 577 g/mol. The summed E-state index contributed by atoms with van der Waals surface area (Å²) >= 11 is 0. The molecular formula is C25H29F5N4O6. The molecule has 0 radical (unpaired) electrons. The van der Waals surface area contributed by atoms with E-state index in [2.05, 4.69) is 5.32 Å². The standard InChI is InChI=1S/C23H28F2N4O4.C2HF3O2/c1-4-33-23(32)27-20-17(12-28(3)21(30)18(20)25)15-7-5-14(6-8-15)13(2)19(26)22(31)29-10-9-16(24)11-29;3-2(4,5)1(6)7/h5-8,12-13,16,19H,4,9-11,26H2,1-3H3,(H,27,32);(H,6,7)/t13-,16-,19-;/m0./s1. The fourth-order valence-electron chi connectivity index (χ4n) is 3.82. The van der Waals surface area contributed by atoms with Crippen LogP contribution in [-0.4, -0.2) is 70.6 Å². The van der Waals surface area contributed by atoms with Crippen molar-refractivity contribution in [2.24, 2.45) is 12.8 Å². The number of alkyl halides is 4. The number of hydrogen-bond donors (Lipinski definition) is 3. The Kier molecular flexibility index (Phi) is 10.8. The van der Waals surface area contributed by atoms with Crippen molar-refractivity contribution in [2.45, 2.75) is 44.6 Å². The molecule has 40 heavy (non-hydrogen) atoms. The van der Waals surface area contributed by atoms with Gasteiger partial charge in [0.15, 0.2) is 0 Å². The summed E-state index contributed by atoms with van der Waals surface area (Å²) in [5.41, 5.74) is 6.58. The van der Waals surface area contributed by atoms with Crippen molar-refractivity contribution in [3.05, 3.63) is 52.2 Å². The van der Waals surface area contributed by atoms with Gasteiger partial charge in [0.1, 0.15) is 6.17 Å². The van der Waals surface area contributed by atoms with Crippen LogP contribution in [0.4, 0.5) is 32.4 Å². The van der Waals surface area contributed by atoms with Gasteiger partial charge in [-0.3, -0.25) is 14.9 Å². The molecule has 0 bridgehead atoms. The molecule has 2 amide bonds. The molecule has 1 aliphatic rings. The van der Waals surface area contributed by atoms with E-state index in [0.29, 0.717) is 18.5 Å². The summed E-state index contributed by atoms with van der Waals surface area (Å²) in [6.07, 6.45) is -5.24. The van der Waals surface area contributed by atoms with E-state index in [1.54, 1.807) is 38.1 Å². The number of carboxylic acid groups (broad SMARTS) is 1. The number of aliphatic carboxylic acids is 1. The second-order valence-corrected chi connectivity index (χ2v) is 8.90. The number of rotatable bonds is 6. The topological polar surface area (TPSA) is 144 Å². The molecule has 3 atom stereocenters. The maximum absolute atomic E-state index is 14.7. The lowest BCUT2D eigenvalue weighted by Gasteiger charge is -2.25. The van der Waals surface area contributed by atoms with Gasteiger partial charge in [-0.05, 0) is 24.5 Å². The number of carbonyl (C=O) groups is 3. The molecule has 2 heterocycles. The molecule has 15 heteroatoms. The summed E-state index contributed by atoms with van der Waals surface area (Å²) in [6.45, 7) is 3.92. The van der Waals surface area contributed by atoms with E-state index in [9.17, 15) is 36.3 Å². The van der Waals surface area contributed by atoms with Gasteiger partial charge in [0.05, 0.1) is 24.9 Å². The molecule has 10 nitrogen and oxygen atoms in total. The number of aryl methyl sites for hydroxylation is 1. The van der Waals surface area contributed by atoms with E-state index in [-0.39, 0.29) is 36.2 Å². The number of nitrogens with one attached hydrogen (secondary N) is 1. The number of halogens is 5. The summed E-state index contributed by atoms with van der Waals surface area (Å²) in [5, 5.41) is 9.43. The lowest BCUT2D eigenvalue weighted by molar-refractivity contribution is -0.192. The predicted octanol–water partition coefficient (Wildman–Crippen LogP) is 3.39. The minimum absolute atomic E-state index is 0.0622. The highest BCUT2D eigenvalue weighted by Gasteiger charge is 2.38. The highest BCUT2D eigenvalue weighted by atomic mass is 19.4. The van der Waals surface area contributed by atoms with Crippen LogP contribution in [0.1, 0.15) is 31.7 Å². The first kappa shape index (κ1) is 32.2. The van der Waals surface area contributed by atoms with Crippen molar-refractivity contribution in [1.82, 2.24) is 9.47 Å². The predicted molar refractivity (Wildman–Crippen MR) is 134 cm³/mol. The normalized spacial score (nSPS) is 16.4. The molecule has 0 unspecified atom stereocenters. The Balaban J connectivity index is 0.000000708. The molecule has 0 aliphatic carbocycles. The number of anilines is 1. The molecule has 1 aliphatic heterocycles. The van der Waals surface area contributed by atoms with Crippen LogP contribution < -0.4 is 16.6 Å². The number of carbonyl (C=O) groups excluding carboxylic acids is 2. The number of carboxylic acids is 1. The molecular weight excluding hydrogens is 547 g/mol. The van der Waals surface area contributed by atoms with E-state index in [1.165, 1.54) is 18.1 Å². The number of benzene rings is 1. The largest absolute Gasteiger partial charge is 0.490 e. The third-order valence-electron chi connectivity index (χ3n) is 6.08. The number of pyridine rings is 1. The number of likely N-dealkylation sites (tertiary alicyclic amines) is 1. The van der Waals surface area contributed by atoms with Crippen LogP contribution in [0.3, 0.4) is 0 Å². The maximum atomic E-state index is 14.7.